The summed E-state index contributed by atoms with van der Waals surface area (Å²) in [6.45, 7) is 2.40. The van der Waals surface area contributed by atoms with Crippen molar-refractivity contribution < 1.29 is 8.42 Å². The summed E-state index contributed by atoms with van der Waals surface area (Å²) in [5.74, 6) is 0.0953. The molecule has 0 amide bonds. The van der Waals surface area contributed by atoms with Crippen LogP contribution in [0.25, 0.3) is 0 Å². The lowest BCUT2D eigenvalue weighted by atomic mass is 10.1. The second-order valence-electron chi connectivity index (χ2n) is 3.91. The lowest BCUT2D eigenvalue weighted by molar-refractivity contribution is 0.591. The molecule has 96 valence electrons. The molecule has 5 heteroatoms. The molecule has 0 fully saturated rings. The molecule has 0 aliphatic carbocycles. The number of sulfonamides is 1. The first kappa shape index (κ1) is 14.0. The zero-order valence-corrected chi connectivity index (χ0v) is 11.2. The number of aryl methyl sites for hydroxylation is 1. The largest absolute Gasteiger partial charge is 0.330 e. The third-order valence-corrected chi connectivity index (χ3v) is 4.57. The fraction of sp³-hybridized carbons (Fsp3) is 0.500. The lowest BCUT2D eigenvalue weighted by Gasteiger charge is -2.21. The Morgan fingerprint density at radius 1 is 1.29 bits per heavy atom. The van der Waals surface area contributed by atoms with Gasteiger partial charge >= 0.3 is 0 Å². The SMILES string of the molecule is CCc1ccccc1N(C)S(=O)(=O)CCCN. The van der Waals surface area contributed by atoms with Gasteiger partial charge in [-0.25, -0.2) is 8.42 Å². The topological polar surface area (TPSA) is 63.4 Å². The summed E-state index contributed by atoms with van der Waals surface area (Å²) in [5.41, 5.74) is 7.14. The van der Waals surface area contributed by atoms with Gasteiger partial charge in [-0.05, 0) is 31.0 Å². The van der Waals surface area contributed by atoms with Gasteiger partial charge in [0.2, 0.25) is 10.0 Å². The number of para-hydroxylation sites is 1. The number of anilines is 1. The Kier molecular flexibility index (Phi) is 4.96. The van der Waals surface area contributed by atoms with Crippen molar-refractivity contribution in [3.05, 3.63) is 29.8 Å². The van der Waals surface area contributed by atoms with Crippen molar-refractivity contribution >= 4 is 15.7 Å². The molecule has 1 aromatic carbocycles. The normalized spacial score (nSPS) is 11.5. The molecular weight excluding hydrogens is 236 g/mol. The number of nitrogens with zero attached hydrogens (tertiary/aromatic N) is 1. The Balaban J connectivity index is 2.99. The van der Waals surface area contributed by atoms with Crippen LogP contribution >= 0.6 is 0 Å². The molecule has 0 aliphatic heterocycles. The summed E-state index contributed by atoms with van der Waals surface area (Å²) in [7, 11) is -1.66. The highest BCUT2D eigenvalue weighted by Gasteiger charge is 2.19. The van der Waals surface area contributed by atoms with E-state index in [2.05, 4.69) is 0 Å². The van der Waals surface area contributed by atoms with Gasteiger partial charge in [0.05, 0.1) is 11.4 Å². The minimum atomic E-state index is -3.25. The quantitative estimate of drug-likeness (QED) is 0.836. The summed E-state index contributed by atoms with van der Waals surface area (Å²) in [6.07, 6.45) is 1.30. The van der Waals surface area contributed by atoms with E-state index >= 15 is 0 Å². The van der Waals surface area contributed by atoms with Crippen molar-refractivity contribution in [2.24, 2.45) is 5.73 Å². The molecule has 0 saturated carbocycles. The molecule has 0 spiro atoms. The molecule has 0 unspecified atom stereocenters. The van der Waals surface area contributed by atoms with Crippen LogP contribution in [0, 0.1) is 0 Å². The maximum atomic E-state index is 12.0. The molecule has 1 aromatic rings. The molecule has 4 nitrogen and oxygen atoms in total. The number of nitrogens with two attached hydrogens (primary N) is 1. The molecule has 0 aromatic heterocycles. The van der Waals surface area contributed by atoms with E-state index in [1.54, 1.807) is 7.05 Å². The third-order valence-electron chi connectivity index (χ3n) is 2.74. The second-order valence-corrected chi connectivity index (χ2v) is 6.03. The summed E-state index contributed by atoms with van der Waals surface area (Å²) >= 11 is 0. The van der Waals surface area contributed by atoms with Crippen molar-refractivity contribution in [3.63, 3.8) is 0 Å². The zero-order valence-electron chi connectivity index (χ0n) is 10.4. The zero-order chi connectivity index (χ0) is 12.9. The van der Waals surface area contributed by atoms with E-state index in [0.29, 0.717) is 13.0 Å². The summed E-state index contributed by atoms with van der Waals surface area (Å²) in [6, 6.07) is 7.55. The molecular formula is C12H20N2O2S. The van der Waals surface area contributed by atoms with E-state index in [-0.39, 0.29) is 5.75 Å². The van der Waals surface area contributed by atoms with E-state index in [1.165, 1.54) is 4.31 Å². The van der Waals surface area contributed by atoms with Gasteiger partial charge in [-0.2, -0.15) is 0 Å². The van der Waals surface area contributed by atoms with Crippen LogP contribution in [0.1, 0.15) is 18.9 Å². The molecule has 17 heavy (non-hydrogen) atoms. The smallest absolute Gasteiger partial charge is 0.234 e. The van der Waals surface area contributed by atoms with Crippen LogP contribution in [-0.4, -0.2) is 27.8 Å². The van der Waals surface area contributed by atoms with Crippen LogP contribution in [0.2, 0.25) is 0 Å². The number of benzene rings is 1. The average Bonchev–Trinajstić information content (AvgIpc) is 2.35. The highest BCUT2D eigenvalue weighted by atomic mass is 32.2. The number of hydrogen-bond acceptors (Lipinski definition) is 3. The lowest BCUT2D eigenvalue weighted by Crippen LogP contribution is -2.30. The minimum absolute atomic E-state index is 0.0953. The van der Waals surface area contributed by atoms with Crippen molar-refractivity contribution in [3.8, 4) is 0 Å². The first-order valence-corrected chi connectivity index (χ1v) is 7.38. The summed E-state index contributed by atoms with van der Waals surface area (Å²) in [5, 5.41) is 0. The Morgan fingerprint density at radius 2 is 1.94 bits per heavy atom. The van der Waals surface area contributed by atoms with E-state index in [0.717, 1.165) is 17.7 Å². The number of rotatable bonds is 6. The molecule has 1 rings (SSSR count). The van der Waals surface area contributed by atoms with Gasteiger partial charge in [-0.1, -0.05) is 25.1 Å². The van der Waals surface area contributed by atoms with Crippen LogP contribution < -0.4 is 10.0 Å². The van der Waals surface area contributed by atoms with Crippen molar-refractivity contribution in [1.29, 1.82) is 0 Å². The van der Waals surface area contributed by atoms with Gasteiger partial charge in [0.15, 0.2) is 0 Å². The van der Waals surface area contributed by atoms with E-state index < -0.39 is 10.0 Å². The van der Waals surface area contributed by atoms with Gasteiger partial charge in [0.1, 0.15) is 0 Å². The highest BCUT2D eigenvalue weighted by Crippen LogP contribution is 2.22. The predicted octanol–water partition coefficient (Wildman–Crippen LogP) is 1.36. The second kappa shape index (κ2) is 6.02. The van der Waals surface area contributed by atoms with Crippen LogP contribution in [-0.2, 0) is 16.4 Å². The fourth-order valence-electron chi connectivity index (χ4n) is 1.67. The minimum Gasteiger partial charge on any atom is -0.330 e. The van der Waals surface area contributed by atoms with Crippen molar-refractivity contribution in [2.75, 3.05) is 23.7 Å². The number of hydrogen-bond donors (Lipinski definition) is 1. The van der Waals surface area contributed by atoms with Gasteiger partial charge < -0.3 is 5.73 Å². The predicted molar refractivity (Wildman–Crippen MR) is 71.7 cm³/mol. The van der Waals surface area contributed by atoms with E-state index in [4.69, 9.17) is 5.73 Å². The Hall–Kier alpha value is -1.07. The van der Waals surface area contributed by atoms with Crippen LogP contribution in [0.3, 0.4) is 0 Å². The molecule has 0 saturated heterocycles. The Bertz CT molecular complexity index is 457. The maximum Gasteiger partial charge on any atom is 0.234 e. The van der Waals surface area contributed by atoms with Gasteiger partial charge in [-0.3, -0.25) is 4.31 Å². The van der Waals surface area contributed by atoms with E-state index in [9.17, 15) is 8.42 Å². The molecule has 0 bridgehead atoms. The average molecular weight is 256 g/mol. The molecule has 0 aliphatic rings. The molecule has 0 atom stereocenters. The van der Waals surface area contributed by atoms with Crippen LogP contribution in [0.5, 0.6) is 0 Å². The highest BCUT2D eigenvalue weighted by molar-refractivity contribution is 7.92. The third kappa shape index (κ3) is 3.44. The van der Waals surface area contributed by atoms with Gasteiger partial charge in [0, 0.05) is 7.05 Å². The first-order chi connectivity index (χ1) is 8.03. The van der Waals surface area contributed by atoms with Gasteiger partial charge in [-0.15, -0.1) is 0 Å². The van der Waals surface area contributed by atoms with Crippen LogP contribution in [0.4, 0.5) is 5.69 Å². The van der Waals surface area contributed by atoms with Gasteiger partial charge in [0.25, 0.3) is 0 Å². The monoisotopic (exact) mass is 256 g/mol. The fourth-order valence-corrected chi connectivity index (χ4v) is 2.95. The summed E-state index contributed by atoms with van der Waals surface area (Å²) < 4.78 is 25.4. The standard InChI is InChI=1S/C12H20N2O2S/c1-3-11-7-4-5-8-12(11)14(2)17(15,16)10-6-9-13/h4-5,7-8H,3,6,9-10,13H2,1-2H3. The maximum absolute atomic E-state index is 12.0. The molecule has 0 heterocycles. The van der Waals surface area contributed by atoms with Crippen molar-refractivity contribution in [1.82, 2.24) is 0 Å². The Morgan fingerprint density at radius 3 is 2.53 bits per heavy atom. The molecule has 0 radical (unpaired) electrons. The van der Waals surface area contributed by atoms with Crippen LogP contribution in [0.15, 0.2) is 24.3 Å². The van der Waals surface area contributed by atoms with Crippen molar-refractivity contribution in [2.45, 2.75) is 19.8 Å². The Labute approximate surface area is 103 Å². The first-order valence-electron chi connectivity index (χ1n) is 5.77. The summed E-state index contributed by atoms with van der Waals surface area (Å²) in [4.78, 5) is 0. The molecule has 2 N–H and O–H groups in total. The van der Waals surface area contributed by atoms with E-state index in [1.807, 2.05) is 31.2 Å².